The van der Waals surface area contributed by atoms with Crippen LogP contribution < -0.4 is 0 Å². The number of carboxylic acid groups (broad SMARTS) is 1. The van der Waals surface area contributed by atoms with Crippen LogP contribution in [0.15, 0.2) is 18.2 Å². The molecule has 0 aromatic heterocycles. The molecule has 0 spiro atoms. The molecule has 2 N–H and O–H groups in total. The molecular formula is C26H36O4. The monoisotopic (exact) mass is 412 g/mol. The Morgan fingerprint density at radius 2 is 2.00 bits per heavy atom. The van der Waals surface area contributed by atoms with Gasteiger partial charge in [0.05, 0.1) is 6.42 Å². The van der Waals surface area contributed by atoms with Crippen molar-refractivity contribution in [3.63, 3.8) is 0 Å². The number of fused-ring (bicyclic) bond motifs is 5. The highest BCUT2D eigenvalue weighted by Crippen LogP contribution is 2.66. The fraction of sp³-hybridized carbons (Fsp3) is 0.692. The fourth-order valence-electron chi connectivity index (χ4n) is 7.60. The van der Waals surface area contributed by atoms with E-state index in [1.54, 1.807) is 0 Å². The third kappa shape index (κ3) is 3.78. The number of benzene rings is 1. The molecule has 0 radical (unpaired) electrons. The molecule has 0 amide bonds. The third-order valence-corrected chi connectivity index (χ3v) is 8.79. The first kappa shape index (κ1) is 21.4. The van der Waals surface area contributed by atoms with Crippen molar-refractivity contribution in [1.29, 1.82) is 0 Å². The van der Waals surface area contributed by atoms with Gasteiger partial charge in [-0.3, -0.25) is 9.59 Å². The van der Waals surface area contributed by atoms with Crippen molar-refractivity contribution in [3.8, 4) is 5.75 Å². The molecule has 0 heterocycles. The maximum Gasteiger partial charge on any atom is 0.303 e. The van der Waals surface area contributed by atoms with E-state index in [4.69, 9.17) is 5.11 Å². The molecule has 0 aliphatic heterocycles. The number of Topliss-reactive ketones (excluding diaryl/α,β-unsaturated/α-hetero) is 1. The minimum Gasteiger partial charge on any atom is -0.508 e. The van der Waals surface area contributed by atoms with E-state index < -0.39 is 5.97 Å². The van der Waals surface area contributed by atoms with E-state index >= 15 is 0 Å². The molecule has 3 unspecified atom stereocenters. The van der Waals surface area contributed by atoms with Gasteiger partial charge in [-0.1, -0.05) is 32.8 Å². The summed E-state index contributed by atoms with van der Waals surface area (Å²) in [7, 11) is 0. The highest BCUT2D eigenvalue weighted by atomic mass is 16.4. The van der Waals surface area contributed by atoms with E-state index in [2.05, 4.69) is 19.9 Å². The number of ketones is 1. The summed E-state index contributed by atoms with van der Waals surface area (Å²) in [6.07, 6.45) is 8.75. The Hall–Kier alpha value is -1.84. The van der Waals surface area contributed by atoms with Crippen molar-refractivity contribution < 1.29 is 19.8 Å². The second-order valence-corrected chi connectivity index (χ2v) is 10.4. The molecule has 6 atom stereocenters. The predicted molar refractivity (Wildman–Crippen MR) is 116 cm³/mol. The van der Waals surface area contributed by atoms with Gasteiger partial charge in [0.15, 0.2) is 0 Å². The average molecular weight is 413 g/mol. The van der Waals surface area contributed by atoms with Crippen molar-refractivity contribution in [2.45, 2.75) is 84.0 Å². The number of aromatic hydroxyl groups is 1. The maximum atomic E-state index is 12.6. The number of aliphatic carboxylic acids is 1. The lowest BCUT2D eigenvalue weighted by Crippen LogP contribution is -2.44. The molecule has 164 valence electrons. The summed E-state index contributed by atoms with van der Waals surface area (Å²) in [5.41, 5.74) is 2.96. The topological polar surface area (TPSA) is 74.6 Å². The number of carbonyl (C=O) groups is 2. The lowest BCUT2D eigenvalue weighted by atomic mass is 9.52. The Bertz CT molecular complexity index is 815. The summed E-state index contributed by atoms with van der Waals surface area (Å²) in [4.78, 5) is 23.5. The van der Waals surface area contributed by atoms with Crippen molar-refractivity contribution in [2.75, 3.05) is 0 Å². The number of phenolic OH excluding ortho intramolecular Hbond substituents is 1. The first-order valence-corrected chi connectivity index (χ1v) is 11.9. The van der Waals surface area contributed by atoms with E-state index in [1.165, 1.54) is 30.4 Å². The number of hydrogen-bond donors (Lipinski definition) is 2. The van der Waals surface area contributed by atoms with Crippen molar-refractivity contribution in [2.24, 2.45) is 29.1 Å². The van der Waals surface area contributed by atoms with Crippen LogP contribution in [-0.4, -0.2) is 22.0 Å². The van der Waals surface area contributed by atoms with Crippen LogP contribution in [0.2, 0.25) is 0 Å². The number of carbonyl (C=O) groups excluding carboxylic acids is 1. The molecule has 30 heavy (non-hydrogen) atoms. The van der Waals surface area contributed by atoms with Crippen LogP contribution in [0.5, 0.6) is 5.75 Å². The second kappa shape index (κ2) is 8.36. The molecule has 0 saturated heterocycles. The van der Waals surface area contributed by atoms with Crippen LogP contribution in [0.4, 0.5) is 0 Å². The predicted octanol–water partition coefficient (Wildman–Crippen LogP) is 5.71. The zero-order valence-corrected chi connectivity index (χ0v) is 18.4. The van der Waals surface area contributed by atoms with Gasteiger partial charge in [-0.25, -0.2) is 0 Å². The van der Waals surface area contributed by atoms with Gasteiger partial charge in [0.1, 0.15) is 11.5 Å². The first-order valence-electron chi connectivity index (χ1n) is 11.9. The Labute approximate surface area is 180 Å². The smallest absolute Gasteiger partial charge is 0.303 e. The molecule has 4 rings (SSSR count). The molecule has 4 heteroatoms. The summed E-state index contributed by atoms with van der Waals surface area (Å²) >= 11 is 0. The normalized spacial score (nSPS) is 34.7. The highest BCUT2D eigenvalue weighted by molar-refractivity contribution is 5.82. The quantitative estimate of drug-likeness (QED) is 0.601. The Kier molecular flexibility index (Phi) is 5.96. The summed E-state index contributed by atoms with van der Waals surface area (Å²) in [5, 5.41) is 18.8. The Morgan fingerprint density at radius 1 is 1.20 bits per heavy atom. The van der Waals surface area contributed by atoms with Crippen LogP contribution in [0, 0.1) is 29.1 Å². The highest BCUT2D eigenvalue weighted by Gasteiger charge is 2.58. The Balaban J connectivity index is 1.58. The lowest BCUT2D eigenvalue weighted by molar-refractivity contribution is -0.138. The van der Waals surface area contributed by atoms with Gasteiger partial charge in [-0.05, 0) is 90.4 Å². The molecule has 2 saturated carbocycles. The molecule has 2 fully saturated rings. The number of rotatable bonds is 7. The summed E-state index contributed by atoms with van der Waals surface area (Å²) in [6.45, 7) is 4.70. The van der Waals surface area contributed by atoms with Gasteiger partial charge in [-0.15, -0.1) is 0 Å². The van der Waals surface area contributed by atoms with Crippen LogP contribution in [0.3, 0.4) is 0 Å². The van der Waals surface area contributed by atoms with E-state index in [-0.39, 0.29) is 24.0 Å². The summed E-state index contributed by atoms with van der Waals surface area (Å²) < 4.78 is 0. The van der Waals surface area contributed by atoms with Gasteiger partial charge in [-0.2, -0.15) is 0 Å². The molecule has 1 aromatic carbocycles. The molecule has 4 nitrogen and oxygen atoms in total. The van der Waals surface area contributed by atoms with Crippen LogP contribution >= 0.6 is 0 Å². The van der Waals surface area contributed by atoms with Gasteiger partial charge in [0.25, 0.3) is 0 Å². The number of aryl methyl sites for hydroxylation is 1. The van der Waals surface area contributed by atoms with E-state index in [0.717, 1.165) is 25.7 Å². The summed E-state index contributed by atoms with van der Waals surface area (Å²) in [5.74, 6) is 2.57. The zero-order chi connectivity index (χ0) is 21.5. The van der Waals surface area contributed by atoms with Crippen molar-refractivity contribution >= 4 is 11.8 Å². The third-order valence-electron chi connectivity index (χ3n) is 8.79. The zero-order valence-electron chi connectivity index (χ0n) is 18.4. The first-order chi connectivity index (χ1) is 14.3. The van der Waals surface area contributed by atoms with Gasteiger partial charge in [0.2, 0.25) is 0 Å². The lowest BCUT2D eigenvalue weighted by Gasteiger charge is -2.52. The van der Waals surface area contributed by atoms with Crippen molar-refractivity contribution in [3.05, 3.63) is 29.3 Å². The second-order valence-electron chi connectivity index (χ2n) is 10.4. The van der Waals surface area contributed by atoms with Crippen molar-refractivity contribution in [1.82, 2.24) is 0 Å². The molecule has 0 bridgehead atoms. The molecular weight excluding hydrogens is 376 g/mol. The molecule has 3 aliphatic rings. The number of hydrogen-bond acceptors (Lipinski definition) is 3. The largest absolute Gasteiger partial charge is 0.508 e. The SMILES string of the molecule is CCC[C@@H]1C[C@H](CC(=O)CCC(=O)O)[C@@]2(C)CCC3c4ccc(O)cc4CCC3C12. The maximum absolute atomic E-state index is 12.6. The molecule has 1 aromatic rings. The van der Waals surface area contributed by atoms with Crippen LogP contribution in [-0.2, 0) is 16.0 Å². The van der Waals surface area contributed by atoms with Gasteiger partial charge in [0, 0.05) is 12.8 Å². The average Bonchev–Trinajstić information content (AvgIpc) is 2.97. The summed E-state index contributed by atoms with van der Waals surface area (Å²) in [6, 6.07) is 5.96. The van der Waals surface area contributed by atoms with E-state index in [0.29, 0.717) is 41.8 Å². The fourth-order valence-corrected chi connectivity index (χ4v) is 7.60. The standard InChI is InChI=1S/C26H36O4/c1-3-4-17-13-18(15-20(28)7-10-24(29)30)26(2)12-11-22-21-9-6-19(27)14-16(21)5-8-23(22)25(17)26/h6,9,14,17-18,22-23,25,27H,3-5,7-8,10-13,15H2,1-2H3,(H,29,30)/t17-,18-,22?,23?,25?,26-/m1/s1. The van der Waals surface area contributed by atoms with E-state index in [1.807, 2.05) is 12.1 Å². The molecule has 3 aliphatic carbocycles. The van der Waals surface area contributed by atoms with E-state index in [9.17, 15) is 14.7 Å². The Morgan fingerprint density at radius 3 is 2.73 bits per heavy atom. The number of carboxylic acids is 1. The number of phenols is 1. The van der Waals surface area contributed by atoms with Crippen LogP contribution in [0.1, 0.15) is 88.7 Å². The van der Waals surface area contributed by atoms with Crippen LogP contribution in [0.25, 0.3) is 0 Å². The van der Waals surface area contributed by atoms with Gasteiger partial charge >= 0.3 is 5.97 Å². The minimum atomic E-state index is -0.880. The van der Waals surface area contributed by atoms with Gasteiger partial charge < -0.3 is 10.2 Å². The minimum absolute atomic E-state index is 0.0432.